The SMILES string of the molecule is CN(C)C(=O)CN1CCC(N2C[C@H](COc3ccc(F)cc3)OCC2=O)CC1. The second-order valence-corrected chi connectivity index (χ2v) is 7.54. The van der Waals surface area contributed by atoms with Gasteiger partial charge in [-0.25, -0.2) is 4.39 Å². The third-order valence-electron chi connectivity index (χ3n) is 5.27. The van der Waals surface area contributed by atoms with Crippen LogP contribution >= 0.6 is 0 Å². The van der Waals surface area contributed by atoms with Crippen molar-refractivity contribution < 1.29 is 23.5 Å². The number of piperidine rings is 1. The van der Waals surface area contributed by atoms with E-state index in [4.69, 9.17) is 9.47 Å². The summed E-state index contributed by atoms with van der Waals surface area (Å²) in [6, 6.07) is 6.01. The van der Waals surface area contributed by atoms with Crippen LogP contribution in [0.4, 0.5) is 4.39 Å². The Bertz CT molecular complexity index is 675. The lowest BCUT2D eigenvalue weighted by molar-refractivity contribution is -0.155. The van der Waals surface area contributed by atoms with Crippen molar-refractivity contribution in [3.8, 4) is 5.75 Å². The summed E-state index contributed by atoms with van der Waals surface area (Å²) >= 11 is 0. The molecule has 0 bridgehead atoms. The molecule has 2 saturated heterocycles. The summed E-state index contributed by atoms with van der Waals surface area (Å²) in [5.41, 5.74) is 0. The van der Waals surface area contributed by atoms with Crippen LogP contribution in [0.2, 0.25) is 0 Å². The molecule has 2 aliphatic heterocycles. The zero-order valence-electron chi connectivity index (χ0n) is 16.5. The van der Waals surface area contributed by atoms with E-state index < -0.39 is 0 Å². The van der Waals surface area contributed by atoms with Crippen molar-refractivity contribution in [2.75, 3.05) is 53.5 Å². The Labute approximate surface area is 165 Å². The lowest BCUT2D eigenvalue weighted by Gasteiger charge is -2.42. The minimum atomic E-state index is -0.309. The van der Waals surface area contributed by atoms with Crippen molar-refractivity contribution >= 4 is 11.8 Å². The number of ether oxygens (including phenoxy) is 2. The van der Waals surface area contributed by atoms with Crippen LogP contribution in [0.1, 0.15) is 12.8 Å². The molecule has 0 aliphatic carbocycles. The summed E-state index contributed by atoms with van der Waals surface area (Å²) in [5, 5.41) is 0. The van der Waals surface area contributed by atoms with Crippen molar-refractivity contribution in [1.82, 2.24) is 14.7 Å². The quantitative estimate of drug-likeness (QED) is 0.721. The highest BCUT2D eigenvalue weighted by molar-refractivity contribution is 5.78. The number of amides is 2. The first kappa shape index (κ1) is 20.5. The van der Waals surface area contributed by atoms with Crippen molar-refractivity contribution in [2.24, 2.45) is 0 Å². The van der Waals surface area contributed by atoms with Crippen LogP contribution in [-0.4, -0.2) is 92.1 Å². The van der Waals surface area contributed by atoms with Crippen molar-refractivity contribution in [1.29, 1.82) is 0 Å². The van der Waals surface area contributed by atoms with E-state index in [2.05, 4.69) is 4.90 Å². The van der Waals surface area contributed by atoms with Crippen LogP contribution in [-0.2, 0) is 14.3 Å². The number of nitrogens with zero attached hydrogens (tertiary/aromatic N) is 3. The number of hydrogen-bond donors (Lipinski definition) is 0. The molecule has 1 atom stereocenters. The minimum Gasteiger partial charge on any atom is -0.491 e. The summed E-state index contributed by atoms with van der Waals surface area (Å²) in [5.74, 6) is 0.365. The highest BCUT2D eigenvalue weighted by atomic mass is 19.1. The zero-order chi connectivity index (χ0) is 20.1. The molecule has 3 rings (SSSR count). The molecule has 2 amide bonds. The summed E-state index contributed by atoms with van der Waals surface area (Å²) in [4.78, 5) is 29.8. The maximum Gasteiger partial charge on any atom is 0.248 e. The molecule has 2 fully saturated rings. The van der Waals surface area contributed by atoms with Crippen molar-refractivity contribution in [2.45, 2.75) is 25.0 Å². The molecule has 0 radical (unpaired) electrons. The average molecular weight is 393 g/mol. The lowest BCUT2D eigenvalue weighted by Crippen LogP contribution is -2.55. The average Bonchev–Trinajstić information content (AvgIpc) is 2.69. The largest absolute Gasteiger partial charge is 0.491 e. The van der Waals surface area contributed by atoms with Crippen LogP contribution in [0, 0.1) is 5.82 Å². The van der Waals surface area contributed by atoms with Gasteiger partial charge < -0.3 is 19.3 Å². The molecule has 0 unspecified atom stereocenters. The number of likely N-dealkylation sites (N-methyl/N-ethyl adjacent to an activating group) is 1. The van der Waals surface area contributed by atoms with E-state index in [1.165, 1.54) is 12.1 Å². The van der Waals surface area contributed by atoms with E-state index in [0.717, 1.165) is 25.9 Å². The highest BCUT2D eigenvalue weighted by Crippen LogP contribution is 2.21. The maximum absolute atomic E-state index is 13.0. The van der Waals surface area contributed by atoms with Gasteiger partial charge in [0.1, 0.15) is 30.9 Å². The Morgan fingerprint density at radius 3 is 2.57 bits per heavy atom. The van der Waals surface area contributed by atoms with E-state index in [1.54, 1.807) is 31.1 Å². The fourth-order valence-corrected chi connectivity index (χ4v) is 3.54. The lowest BCUT2D eigenvalue weighted by atomic mass is 10.0. The highest BCUT2D eigenvalue weighted by Gasteiger charge is 2.34. The minimum absolute atomic E-state index is 0.000787. The zero-order valence-corrected chi connectivity index (χ0v) is 16.5. The smallest absolute Gasteiger partial charge is 0.248 e. The molecule has 0 spiro atoms. The van der Waals surface area contributed by atoms with Crippen LogP contribution < -0.4 is 4.74 Å². The molecule has 8 heteroatoms. The molecule has 2 aliphatic rings. The number of benzene rings is 1. The Morgan fingerprint density at radius 2 is 1.93 bits per heavy atom. The van der Waals surface area contributed by atoms with Gasteiger partial charge in [-0.2, -0.15) is 0 Å². The second-order valence-electron chi connectivity index (χ2n) is 7.54. The summed E-state index contributed by atoms with van der Waals surface area (Å²) in [6.07, 6.45) is 1.48. The molecular weight excluding hydrogens is 365 g/mol. The molecular formula is C20H28FN3O4. The van der Waals surface area contributed by atoms with E-state index in [1.807, 2.05) is 4.90 Å². The van der Waals surface area contributed by atoms with Crippen molar-refractivity contribution in [3.05, 3.63) is 30.1 Å². The molecule has 154 valence electrons. The van der Waals surface area contributed by atoms with Gasteiger partial charge in [-0.3, -0.25) is 14.5 Å². The predicted octanol–water partition coefficient (Wildman–Crippen LogP) is 0.985. The number of halogens is 1. The van der Waals surface area contributed by atoms with Crippen LogP contribution in [0.25, 0.3) is 0 Å². The third kappa shape index (κ3) is 5.42. The van der Waals surface area contributed by atoms with Crippen LogP contribution in [0.5, 0.6) is 5.75 Å². The van der Waals surface area contributed by atoms with Gasteiger partial charge in [-0.05, 0) is 37.1 Å². The second kappa shape index (κ2) is 9.34. The Hall–Kier alpha value is -2.19. The number of carbonyl (C=O) groups is 2. The van der Waals surface area contributed by atoms with Crippen LogP contribution in [0.15, 0.2) is 24.3 Å². The number of carbonyl (C=O) groups excluding carboxylic acids is 2. The Kier molecular flexibility index (Phi) is 6.85. The molecule has 0 N–H and O–H groups in total. The first-order valence-corrected chi connectivity index (χ1v) is 9.64. The van der Waals surface area contributed by atoms with Gasteiger partial charge in [0.2, 0.25) is 11.8 Å². The number of likely N-dealkylation sites (tertiary alicyclic amines) is 1. The van der Waals surface area contributed by atoms with Crippen molar-refractivity contribution in [3.63, 3.8) is 0 Å². The monoisotopic (exact) mass is 393 g/mol. The Balaban J connectivity index is 1.47. The van der Waals surface area contributed by atoms with E-state index >= 15 is 0 Å². The van der Waals surface area contributed by atoms with Gasteiger partial charge in [0.25, 0.3) is 0 Å². The fourth-order valence-electron chi connectivity index (χ4n) is 3.54. The predicted molar refractivity (Wildman–Crippen MR) is 102 cm³/mol. The standard InChI is InChI=1S/C20H28FN3O4/c1-22(2)19(25)12-23-9-7-16(8-10-23)24-11-18(28-14-20(24)26)13-27-17-5-3-15(21)4-6-17/h3-6,16,18H,7-14H2,1-2H3/t18-/m1/s1. The van der Waals surface area contributed by atoms with E-state index in [9.17, 15) is 14.0 Å². The maximum atomic E-state index is 13.0. The third-order valence-corrected chi connectivity index (χ3v) is 5.27. The van der Waals surface area contributed by atoms with Gasteiger partial charge in [-0.1, -0.05) is 0 Å². The van der Waals surface area contributed by atoms with E-state index in [0.29, 0.717) is 25.4 Å². The molecule has 28 heavy (non-hydrogen) atoms. The molecule has 1 aromatic rings. The molecule has 0 saturated carbocycles. The van der Waals surface area contributed by atoms with Gasteiger partial charge in [0, 0.05) is 33.2 Å². The summed E-state index contributed by atoms with van der Waals surface area (Å²) in [6.45, 7) is 2.87. The first-order chi connectivity index (χ1) is 13.4. The fraction of sp³-hybridized carbons (Fsp3) is 0.600. The van der Waals surface area contributed by atoms with Gasteiger partial charge >= 0.3 is 0 Å². The van der Waals surface area contributed by atoms with Gasteiger partial charge in [0.15, 0.2) is 0 Å². The molecule has 7 nitrogen and oxygen atoms in total. The van der Waals surface area contributed by atoms with Gasteiger partial charge in [0.05, 0.1) is 13.1 Å². The first-order valence-electron chi connectivity index (χ1n) is 9.64. The van der Waals surface area contributed by atoms with E-state index in [-0.39, 0.29) is 36.4 Å². The Morgan fingerprint density at radius 1 is 1.25 bits per heavy atom. The topological polar surface area (TPSA) is 62.3 Å². The number of hydrogen-bond acceptors (Lipinski definition) is 5. The summed E-state index contributed by atoms with van der Waals surface area (Å²) < 4.78 is 24.3. The number of morpholine rings is 1. The number of rotatable bonds is 6. The van der Waals surface area contributed by atoms with Crippen LogP contribution in [0.3, 0.4) is 0 Å². The van der Waals surface area contributed by atoms with Gasteiger partial charge in [-0.15, -0.1) is 0 Å². The normalized spacial score (nSPS) is 21.6. The molecule has 2 heterocycles. The molecule has 1 aromatic carbocycles. The summed E-state index contributed by atoms with van der Waals surface area (Å²) in [7, 11) is 3.52. The molecule has 0 aromatic heterocycles.